The molecule has 9 aromatic carbocycles. The molecule has 15 rings (SSSR count). The summed E-state index contributed by atoms with van der Waals surface area (Å²) in [5, 5.41) is 7.59. The van der Waals surface area contributed by atoms with Gasteiger partial charge in [-0.3, -0.25) is 0 Å². The van der Waals surface area contributed by atoms with Crippen LogP contribution in [-0.2, 0) is 33.5 Å². The molecule has 3 atom stereocenters. The first-order chi connectivity index (χ1) is 34.6. The smallest absolute Gasteiger partial charge is 0.0850 e. The van der Waals surface area contributed by atoms with Crippen molar-refractivity contribution in [3.05, 3.63) is 217 Å². The molecule has 70 heavy (non-hydrogen) atoms. The minimum absolute atomic E-state index is 0.346. The van der Waals surface area contributed by atoms with E-state index in [4.69, 9.17) is 14.2 Å². The van der Waals surface area contributed by atoms with Crippen molar-refractivity contribution in [2.45, 2.75) is 37.6 Å². The molecule has 0 saturated carbocycles. The molecular formula is C63H48N4O3. The first kappa shape index (κ1) is 40.0. The van der Waals surface area contributed by atoms with Crippen LogP contribution in [0.1, 0.15) is 16.7 Å². The Labute approximate surface area is 404 Å². The van der Waals surface area contributed by atoms with Gasteiger partial charge < -0.3 is 32.8 Å². The molecule has 0 radical (unpaired) electrons. The number of para-hydroxylation sites is 3. The van der Waals surface area contributed by atoms with E-state index < -0.39 is 0 Å². The van der Waals surface area contributed by atoms with Crippen molar-refractivity contribution in [1.82, 2.24) is 13.7 Å². The van der Waals surface area contributed by atoms with Crippen molar-refractivity contribution in [2.75, 3.05) is 24.7 Å². The number of hydrogen-bond donors (Lipinski definition) is 0. The molecule has 3 aliphatic heterocycles. The highest BCUT2D eigenvalue weighted by molar-refractivity contribution is 6.11. The molecule has 3 aliphatic rings. The molecule has 0 N–H and O–H groups in total. The highest BCUT2D eigenvalue weighted by Crippen LogP contribution is 2.41. The molecule has 7 heteroatoms. The third kappa shape index (κ3) is 6.84. The van der Waals surface area contributed by atoms with Crippen molar-refractivity contribution >= 4 is 82.5 Å². The number of ether oxygens (including phenoxy) is 3. The van der Waals surface area contributed by atoms with Gasteiger partial charge in [0.25, 0.3) is 0 Å². The number of hydrogen-bond acceptors (Lipinski definition) is 4. The second kappa shape index (κ2) is 15.8. The standard InChI is InChI=1S/C63H48N4O3/c1-4-10-58-52(7-1)55-34-40(31-49-37-68-49)13-28-61(55)65(58)46-22-16-43(17-23-46)64(44-18-24-47(25-19-44)66-59-11-5-2-8-53(59)56-35-41(14-29-62(56)66)32-50-38-69-50)45-20-26-48(27-21-45)67-60-12-6-3-9-54(60)57-36-42(15-30-63(57)67)33-51-39-70-51/h1-30,34-36,49-51H,31-33,37-39H2. The van der Waals surface area contributed by atoms with E-state index >= 15 is 0 Å². The molecule has 0 aliphatic carbocycles. The SMILES string of the molecule is c1ccc2c(c1)c1cc(CC3CO3)ccc1n2-c1ccc(N(c2ccc(-n3c4ccccc4c4cc(CC5CO5)ccc43)cc2)c2ccc(-n3c4ccccc4c4cc(CC5CO5)ccc43)cc2)cc1. The van der Waals surface area contributed by atoms with Gasteiger partial charge in [-0.25, -0.2) is 0 Å². The van der Waals surface area contributed by atoms with E-state index in [-0.39, 0.29) is 0 Å². The van der Waals surface area contributed by atoms with Crippen LogP contribution in [0.15, 0.2) is 200 Å². The average molecular weight is 909 g/mol. The van der Waals surface area contributed by atoms with E-state index in [2.05, 4.69) is 219 Å². The van der Waals surface area contributed by atoms with Crippen LogP contribution in [0.2, 0.25) is 0 Å². The lowest BCUT2D eigenvalue weighted by Crippen LogP contribution is -2.10. The van der Waals surface area contributed by atoms with Crippen LogP contribution in [0.5, 0.6) is 0 Å². The van der Waals surface area contributed by atoms with Gasteiger partial charge >= 0.3 is 0 Å². The number of fused-ring (bicyclic) bond motifs is 9. The third-order valence-corrected chi connectivity index (χ3v) is 14.9. The maximum absolute atomic E-state index is 5.60. The van der Waals surface area contributed by atoms with Crippen molar-refractivity contribution in [3.63, 3.8) is 0 Å². The Bertz CT molecular complexity index is 3580. The molecule has 0 amide bonds. The van der Waals surface area contributed by atoms with Crippen molar-refractivity contribution in [1.29, 1.82) is 0 Å². The molecular weight excluding hydrogens is 861 g/mol. The summed E-state index contributed by atoms with van der Waals surface area (Å²) < 4.78 is 24.0. The van der Waals surface area contributed by atoms with Crippen LogP contribution in [0.3, 0.4) is 0 Å². The Balaban J connectivity index is 0.840. The van der Waals surface area contributed by atoms with Crippen molar-refractivity contribution in [2.24, 2.45) is 0 Å². The number of anilines is 3. The monoisotopic (exact) mass is 908 g/mol. The molecule has 12 aromatic rings. The summed E-state index contributed by atoms with van der Waals surface area (Å²) in [4.78, 5) is 2.38. The number of aromatic nitrogens is 3. The van der Waals surface area contributed by atoms with E-state index in [1.807, 2.05) is 0 Å². The largest absolute Gasteiger partial charge is 0.373 e. The molecule has 3 fully saturated rings. The van der Waals surface area contributed by atoms with Crippen LogP contribution < -0.4 is 4.90 Å². The normalized spacial score (nSPS) is 17.4. The number of rotatable bonds is 12. The van der Waals surface area contributed by atoms with E-state index in [0.717, 1.165) is 73.2 Å². The summed E-state index contributed by atoms with van der Waals surface area (Å²) in [5.74, 6) is 0. The molecule has 338 valence electrons. The number of benzene rings is 9. The summed E-state index contributed by atoms with van der Waals surface area (Å²) in [6.45, 7) is 2.57. The molecule has 0 spiro atoms. The first-order valence-electron chi connectivity index (χ1n) is 24.7. The maximum Gasteiger partial charge on any atom is 0.0850 e. The van der Waals surface area contributed by atoms with Crippen LogP contribution in [0.25, 0.3) is 82.5 Å². The fourth-order valence-corrected chi connectivity index (χ4v) is 11.3. The quantitative estimate of drug-likeness (QED) is 0.115. The van der Waals surface area contributed by atoms with Gasteiger partial charge in [-0.1, -0.05) is 72.8 Å². The first-order valence-corrected chi connectivity index (χ1v) is 24.7. The van der Waals surface area contributed by atoms with E-state index in [1.165, 1.54) is 82.1 Å². The second-order valence-corrected chi connectivity index (χ2v) is 19.5. The highest BCUT2D eigenvalue weighted by atomic mass is 16.6. The molecule has 3 saturated heterocycles. The zero-order valence-corrected chi connectivity index (χ0v) is 38.5. The molecule has 3 unspecified atom stereocenters. The fourth-order valence-electron chi connectivity index (χ4n) is 11.3. The van der Waals surface area contributed by atoms with Gasteiger partial charge in [-0.2, -0.15) is 0 Å². The Morgan fingerprint density at radius 2 is 0.586 bits per heavy atom. The zero-order valence-electron chi connectivity index (χ0n) is 38.5. The molecule has 7 nitrogen and oxygen atoms in total. The molecule has 6 heterocycles. The lowest BCUT2D eigenvalue weighted by molar-refractivity contribution is 0.407. The Morgan fingerprint density at radius 3 is 0.871 bits per heavy atom. The Kier molecular flexibility index (Phi) is 9.03. The third-order valence-electron chi connectivity index (χ3n) is 14.9. The molecule has 3 aromatic heterocycles. The van der Waals surface area contributed by atoms with Gasteiger partial charge in [0.15, 0.2) is 0 Å². The number of nitrogens with zero attached hydrogens (tertiary/aromatic N) is 4. The second-order valence-electron chi connectivity index (χ2n) is 19.5. The van der Waals surface area contributed by atoms with Crippen LogP contribution >= 0.6 is 0 Å². The van der Waals surface area contributed by atoms with Crippen LogP contribution in [0.4, 0.5) is 17.1 Å². The number of epoxide rings is 3. The fraction of sp³-hybridized carbons (Fsp3) is 0.143. The summed E-state index contributed by atoms with van der Waals surface area (Å²) in [7, 11) is 0. The predicted octanol–water partition coefficient (Wildman–Crippen LogP) is 14.3. The predicted molar refractivity (Wildman–Crippen MR) is 284 cm³/mol. The minimum atomic E-state index is 0.346. The van der Waals surface area contributed by atoms with E-state index in [9.17, 15) is 0 Å². The lowest BCUT2D eigenvalue weighted by atomic mass is 10.1. The van der Waals surface area contributed by atoms with Crippen molar-refractivity contribution in [3.8, 4) is 17.1 Å². The zero-order chi connectivity index (χ0) is 45.9. The average Bonchev–Trinajstić information content (AvgIpc) is 4.36. The molecule has 0 bridgehead atoms. The summed E-state index contributed by atoms with van der Waals surface area (Å²) in [5.41, 5.74) is 17.7. The van der Waals surface area contributed by atoms with Gasteiger partial charge in [0.05, 0.1) is 71.2 Å². The Hall–Kier alpha value is -7.94. The van der Waals surface area contributed by atoms with Gasteiger partial charge in [0.1, 0.15) is 0 Å². The maximum atomic E-state index is 5.60. The minimum Gasteiger partial charge on any atom is -0.373 e. The van der Waals surface area contributed by atoms with Crippen LogP contribution in [0, 0.1) is 0 Å². The van der Waals surface area contributed by atoms with Gasteiger partial charge in [-0.15, -0.1) is 0 Å². The van der Waals surface area contributed by atoms with E-state index in [1.54, 1.807) is 0 Å². The Morgan fingerprint density at radius 1 is 0.314 bits per heavy atom. The van der Waals surface area contributed by atoms with Gasteiger partial charge in [-0.05, 0) is 144 Å². The summed E-state index contributed by atoms with van der Waals surface area (Å²) in [6.07, 6.45) is 3.89. The van der Waals surface area contributed by atoms with Crippen molar-refractivity contribution < 1.29 is 14.2 Å². The van der Waals surface area contributed by atoms with Gasteiger partial charge in [0, 0.05) is 85.7 Å². The van der Waals surface area contributed by atoms with Crippen LogP contribution in [-0.4, -0.2) is 51.8 Å². The van der Waals surface area contributed by atoms with Gasteiger partial charge in [0.2, 0.25) is 0 Å². The highest BCUT2D eigenvalue weighted by Gasteiger charge is 2.26. The lowest BCUT2D eigenvalue weighted by Gasteiger charge is -2.26. The topological polar surface area (TPSA) is 55.6 Å². The van der Waals surface area contributed by atoms with E-state index in [0.29, 0.717) is 18.3 Å². The summed E-state index contributed by atoms with van der Waals surface area (Å²) in [6, 6.07) is 74.3. The summed E-state index contributed by atoms with van der Waals surface area (Å²) >= 11 is 0.